The molecule has 0 spiro atoms. The van der Waals surface area contributed by atoms with Crippen molar-refractivity contribution >= 4 is 11.8 Å². The molecule has 0 radical (unpaired) electrons. The van der Waals surface area contributed by atoms with Crippen molar-refractivity contribution in [3.05, 3.63) is 23.8 Å². The van der Waals surface area contributed by atoms with Crippen LogP contribution in [-0.4, -0.2) is 56.2 Å². The molecule has 1 aliphatic rings. The molecule has 9 heteroatoms. The Balaban J connectivity index is 1.76. The average molecular weight is 416 g/mol. The van der Waals surface area contributed by atoms with Crippen LogP contribution in [0.15, 0.2) is 18.2 Å². The van der Waals surface area contributed by atoms with Gasteiger partial charge in [0.15, 0.2) is 11.5 Å². The number of piperidine rings is 1. The molecule has 2 amide bonds. The maximum Gasteiger partial charge on any atom is 0.471 e. The summed E-state index contributed by atoms with van der Waals surface area (Å²) in [7, 11) is 1.56. The number of ether oxygens (including phenoxy) is 2. The fourth-order valence-electron chi connectivity index (χ4n) is 3.28. The van der Waals surface area contributed by atoms with Crippen LogP contribution in [0, 0.1) is 5.92 Å². The Hall–Kier alpha value is -2.45. The van der Waals surface area contributed by atoms with E-state index in [2.05, 4.69) is 0 Å². The summed E-state index contributed by atoms with van der Waals surface area (Å²) in [5.74, 6) is -0.679. The second-order valence-electron chi connectivity index (χ2n) is 6.95. The maximum atomic E-state index is 12.5. The number of hydrogen-bond donors (Lipinski definition) is 1. The van der Waals surface area contributed by atoms with Crippen LogP contribution in [-0.2, 0) is 16.0 Å². The number of methoxy groups -OCH3 is 1. The zero-order valence-corrected chi connectivity index (χ0v) is 16.7. The minimum absolute atomic E-state index is 0.00984. The van der Waals surface area contributed by atoms with E-state index >= 15 is 0 Å². The first kappa shape index (κ1) is 22.8. The number of nitrogens with one attached hydrogen (secondary N) is 1. The average Bonchev–Trinajstić information content (AvgIpc) is 2.70. The van der Waals surface area contributed by atoms with Crippen molar-refractivity contribution in [1.29, 1.82) is 0 Å². The number of alkyl halides is 3. The van der Waals surface area contributed by atoms with Crippen LogP contribution >= 0.6 is 0 Å². The second kappa shape index (κ2) is 10.4. The van der Waals surface area contributed by atoms with Gasteiger partial charge >= 0.3 is 12.1 Å². The van der Waals surface area contributed by atoms with E-state index in [9.17, 15) is 22.8 Å². The van der Waals surface area contributed by atoms with Crippen molar-refractivity contribution in [3.8, 4) is 11.5 Å². The fraction of sp³-hybridized carbons (Fsp3) is 0.600. The summed E-state index contributed by atoms with van der Waals surface area (Å²) in [6.07, 6.45) is -2.82. The second-order valence-corrected chi connectivity index (χ2v) is 6.95. The number of benzene rings is 1. The number of hydrogen-bond acceptors (Lipinski definition) is 4. The summed E-state index contributed by atoms with van der Waals surface area (Å²) in [5.41, 5.74) is 0.961. The molecule has 1 aromatic rings. The van der Waals surface area contributed by atoms with E-state index in [0.29, 0.717) is 56.9 Å². The molecule has 1 N–H and O–H groups in total. The minimum Gasteiger partial charge on any atom is -0.493 e. The van der Waals surface area contributed by atoms with Gasteiger partial charge in [-0.15, -0.1) is 0 Å². The molecule has 0 unspecified atom stereocenters. The van der Waals surface area contributed by atoms with Crippen LogP contribution in [0.5, 0.6) is 11.5 Å². The Labute approximate surface area is 168 Å². The van der Waals surface area contributed by atoms with E-state index in [-0.39, 0.29) is 18.4 Å². The highest BCUT2D eigenvalue weighted by molar-refractivity contribution is 5.81. The number of amides is 2. The van der Waals surface area contributed by atoms with Crippen molar-refractivity contribution < 1.29 is 32.2 Å². The van der Waals surface area contributed by atoms with Gasteiger partial charge in [-0.2, -0.15) is 13.2 Å². The highest BCUT2D eigenvalue weighted by Crippen LogP contribution is 2.28. The molecular formula is C20H27F3N2O4. The number of halogens is 3. The monoisotopic (exact) mass is 416 g/mol. The lowest BCUT2D eigenvalue weighted by Crippen LogP contribution is -2.44. The van der Waals surface area contributed by atoms with E-state index < -0.39 is 12.1 Å². The Morgan fingerprint density at radius 1 is 1.21 bits per heavy atom. The third-order valence-corrected chi connectivity index (χ3v) is 4.93. The van der Waals surface area contributed by atoms with Gasteiger partial charge in [0.05, 0.1) is 13.7 Å². The molecule has 0 aromatic heterocycles. The highest BCUT2D eigenvalue weighted by Gasteiger charge is 2.38. The molecule has 1 saturated heterocycles. The lowest BCUT2D eigenvalue weighted by atomic mass is 9.96. The summed E-state index contributed by atoms with van der Waals surface area (Å²) in [5, 5.41) is 1.92. The Morgan fingerprint density at radius 2 is 1.90 bits per heavy atom. The molecule has 6 nitrogen and oxygen atoms in total. The topological polar surface area (TPSA) is 67.9 Å². The van der Waals surface area contributed by atoms with Gasteiger partial charge in [-0.25, -0.2) is 0 Å². The Morgan fingerprint density at radius 3 is 2.48 bits per heavy atom. The summed E-state index contributed by atoms with van der Waals surface area (Å²) in [6, 6.07) is 5.58. The van der Waals surface area contributed by atoms with Crippen molar-refractivity contribution in [2.45, 2.75) is 38.8 Å². The van der Waals surface area contributed by atoms with Gasteiger partial charge in [0.2, 0.25) is 5.91 Å². The fourth-order valence-corrected chi connectivity index (χ4v) is 3.28. The zero-order chi connectivity index (χ0) is 21.4. The zero-order valence-electron chi connectivity index (χ0n) is 16.7. The van der Waals surface area contributed by atoms with E-state index in [1.807, 2.05) is 30.4 Å². The van der Waals surface area contributed by atoms with Gasteiger partial charge in [-0.3, -0.25) is 9.59 Å². The number of aryl methyl sites for hydroxylation is 1. The summed E-state index contributed by atoms with van der Waals surface area (Å²) in [4.78, 5) is 25.1. The molecular weight excluding hydrogens is 389 g/mol. The molecule has 29 heavy (non-hydrogen) atoms. The van der Waals surface area contributed by atoms with Gasteiger partial charge < -0.3 is 19.7 Å². The number of nitrogens with zero attached hydrogens (tertiary/aromatic N) is 1. The lowest BCUT2D eigenvalue weighted by molar-refractivity contribution is -0.173. The molecule has 0 aliphatic carbocycles. The largest absolute Gasteiger partial charge is 0.493 e. The first-order valence-corrected chi connectivity index (χ1v) is 9.67. The molecule has 0 saturated carbocycles. The third-order valence-electron chi connectivity index (χ3n) is 4.93. The standard InChI is InChI=1S/C20H27F3N2O4/c1-3-29-16-6-4-14(12-17(16)28-2)5-7-18(26)25-10-8-15(9-11-25)13-24-19(27)20(21,22)23/h4,6,12,15H,3,5,7-11,13H2,1-2H3,(H,24,27). The summed E-state index contributed by atoms with van der Waals surface area (Å²) < 4.78 is 47.5. The van der Waals surface area contributed by atoms with Crippen LogP contribution < -0.4 is 14.8 Å². The smallest absolute Gasteiger partial charge is 0.471 e. The van der Waals surface area contributed by atoms with E-state index in [4.69, 9.17) is 9.47 Å². The van der Waals surface area contributed by atoms with Gasteiger partial charge in [0, 0.05) is 26.1 Å². The molecule has 1 aromatic carbocycles. The minimum atomic E-state index is -4.86. The van der Waals surface area contributed by atoms with E-state index in [1.165, 1.54) is 0 Å². The SMILES string of the molecule is CCOc1ccc(CCC(=O)N2CCC(CNC(=O)C(F)(F)F)CC2)cc1OC. The molecule has 0 bridgehead atoms. The van der Waals surface area contributed by atoms with Gasteiger partial charge in [0.25, 0.3) is 0 Å². The van der Waals surface area contributed by atoms with Crippen LogP contribution in [0.2, 0.25) is 0 Å². The quantitative estimate of drug-likeness (QED) is 0.708. The summed E-state index contributed by atoms with van der Waals surface area (Å²) >= 11 is 0. The molecule has 2 rings (SSSR count). The molecule has 1 aliphatic heterocycles. The van der Waals surface area contributed by atoms with Crippen LogP contribution in [0.3, 0.4) is 0 Å². The number of rotatable bonds is 8. The maximum absolute atomic E-state index is 12.5. The van der Waals surface area contributed by atoms with Gasteiger partial charge in [-0.1, -0.05) is 6.07 Å². The van der Waals surface area contributed by atoms with Crippen molar-refractivity contribution in [2.75, 3.05) is 33.4 Å². The first-order chi connectivity index (χ1) is 13.7. The molecule has 162 valence electrons. The van der Waals surface area contributed by atoms with Crippen LogP contribution in [0.25, 0.3) is 0 Å². The molecule has 1 heterocycles. The number of likely N-dealkylation sites (tertiary alicyclic amines) is 1. The molecule has 0 atom stereocenters. The van der Waals surface area contributed by atoms with E-state index in [1.54, 1.807) is 12.0 Å². The molecule has 1 fully saturated rings. The normalized spacial score (nSPS) is 15.1. The van der Waals surface area contributed by atoms with Crippen molar-refractivity contribution in [3.63, 3.8) is 0 Å². The lowest BCUT2D eigenvalue weighted by Gasteiger charge is -2.32. The highest BCUT2D eigenvalue weighted by atomic mass is 19.4. The number of carbonyl (C=O) groups is 2. The Kier molecular flexibility index (Phi) is 8.16. The predicted molar refractivity (Wildman–Crippen MR) is 101 cm³/mol. The van der Waals surface area contributed by atoms with Gasteiger partial charge in [-0.05, 0) is 49.8 Å². The first-order valence-electron chi connectivity index (χ1n) is 9.67. The van der Waals surface area contributed by atoms with Crippen molar-refractivity contribution in [1.82, 2.24) is 10.2 Å². The van der Waals surface area contributed by atoms with Crippen LogP contribution in [0.4, 0.5) is 13.2 Å². The summed E-state index contributed by atoms with van der Waals surface area (Å²) in [6.45, 7) is 3.37. The van der Waals surface area contributed by atoms with Crippen molar-refractivity contribution in [2.24, 2.45) is 5.92 Å². The predicted octanol–water partition coefficient (Wildman–Crippen LogP) is 2.94. The van der Waals surface area contributed by atoms with E-state index in [0.717, 1.165) is 5.56 Å². The Bertz CT molecular complexity index is 701. The van der Waals surface area contributed by atoms with Crippen LogP contribution in [0.1, 0.15) is 31.7 Å². The van der Waals surface area contributed by atoms with Gasteiger partial charge in [0.1, 0.15) is 0 Å². The third kappa shape index (κ3) is 6.83. The number of carbonyl (C=O) groups excluding carboxylic acids is 2.